The van der Waals surface area contributed by atoms with Gasteiger partial charge in [0.05, 0.1) is 0 Å². The Morgan fingerprint density at radius 1 is 1.03 bits per heavy atom. The van der Waals surface area contributed by atoms with Gasteiger partial charge < -0.3 is 10.1 Å². The molecule has 2 aromatic carbocycles. The standard InChI is InChI=1S/C27H33NO2/c1-20-17-23-24(27(4,5)15-14-26(23,2)3)18-22(20)13-9-10-16-28-25(29)30-19-21-11-7-6-8-12-21/h6-8,11-12,17-18H,10,14-16,19H2,1-5H3,(H,28,29). The largest absolute Gasteiger partial charge is 0.445 e. The Labute approximate surface area is 181 Å². The highest BCUT2D eigenvalue weighted by molar-refractivity contribution is 5.67. The van der Waals surface area contributed by atoms with Gasteiger partial charge in [-0.05, 0) is 58.9 Å². The van der Waals surface area contributed by atoms with Crippen LogP contribution in [0.4, 0.5) is 4.79 Å². The molecule has 0 saturated carbocycles. The summed E-state index contributed by atoms with van der Waals surface area (Å²) in [5.41, 5.74) is 6.57. The lowest BCUT2D eigenvalue weighted by Crippen LogP contribution is -2.34. The molecule has 0 aliphatic heterocycles. The summed E-state index contributed by atoms with van der Waals surface area (Å²) < 4.78 is 5.22. The number of carbonyl (C=O) groups is 1. The van der Waals surface area contributed by atoms with Crippen LogP contribution < -0.4 is 5.32 Å². The number of benzene rings is 2. The zero-order chi connectivity index (χ0) is 21.8. The van der Waals surface area contributed by atoms with E-state index in [1.807, 2.05) is 30.3 Å². The van der Waals surface area contributed by atoms with E-state index in [4.69, 9.17) is 4.74 Å². The molecule has 3 nitrogen and oxygen atoms in total. The van der Waals surface area contributed by atoms with Gasteiger partial charge in [-0.3, -0.25) is 0 Å². The van der Waals surface area contributed by atoms with Gasteiger partial charge in [-0.15, -0.1) is 0 Å². The maximum Gasteiger partial charge on any atom is 0.407 e. The van der Waals surface area contributed by atoms with E-state index in [0.717, 1.165) is 11.1 Å². The number of carbonyl (C=O) groups excluding carboxylic acids is 1. The molecule has 30 heavy (non-hydrogen) atoms. The van der Waals surface area contributed by atoms with Crippen molar-refractivity contribution >= 4 is 6.09 Å². The van der Waals surface area contributed by atoms with E-state index in [9.17, 15) is 4.79 Å². The lowest BCUT2D eigenvalue weighted by molar-refractivity contribution is 0.140. The summed E-state index contributed by atoms with van der Waals surface area (Å²) in [6, 6.07) is 14.3. The van der Waals surface area contributed by atoms with E-state index in [-0.39, 0.29) is 17.4 Å². The minimum absolute atomic E-state index is 0.180. The van der Waals surface area contributed by atoms with E-state index < -0.39 is 6.09 Å². The van der Waals surface area contributed by atoms with Gasteiger partial charge in [0.2, 0.25) is 0 Å². The Bertz CT molecular complexity index is 962. The van der Waals surface area contributed by atoms with Crippen LogP contribution in [0.2, 0.25) is 0 Å². The molecule has 1 N–H and O–H groups in total. The van der Waals surface area contributed by atoms with E-state index in [0.29, 0.717) is 13.0 Å². The molecule has 0 heterocycles. The summed E-state index contributed by atoms with van der Waals surface area (Å²) >= 11 is 0. The van der Waals surface area contributed by atoms with Crippen molar-refractivity contribution in [2.45, 2.75) is 71.3 Å². The molecule has 0 bridgehead atoms. The van der Waals surface area contributed by atoms with Gasteiger partial charge in [-0.2, -0.15) is 0 Å². The summed E-state index contributed by atoms with van der Waals surface area (Å²) in [6.07, 6.45) is 2.59. The SMILES string of the molecule is Cc1cc2c(cc1C#CCCNC(=O)OCc1ccccc1)C(C)(C)CCC2(C)C. The number of hydrogen-bond acceptors (Lipinski definition) is 2. The molecule has 0 atom stereocenters. The number of amides is 1. The van der Waals surface area contributed by atoms with Crippen molar-refractivity contribution in [2.24, 2.45) is 0 Å². The predicted molar refractivity (Wildman–Crippen MR) is 123 cm³/mol. The van der Waals surface area contributed by atoms with Gasteiger partial charge >= 0.3 is 6.09 Å². The van der Waals surface area contributed by atoms with Crippen molar-refractivity contribution < 1.29 is 9.53 Å². The van der Waals surface area contributed by atoms with Crippen LogP contribution >= 0.6 is 0 Å². The van der Waals surface area contributed by atoms with Crippen LogP contribution in [0.1, 0.15) is 74.8 Å². The molecule has 1 aliphatic rings. The Hall–Kier alpha value is -2.73. The van der Waals surface area contributed by atoms with Crippen molar-refractivity contribution in [3.63, 3.8) is 0 Å². The highest BCUT2D eigenvalue weighted by Crippen LogP contribution is 2.46. The molecule has 0 saturated heterocycles. The van der Waals surface area contributed by atoms with Crippen LogP contribution in [0.5, 0.6) is 0 Å². The predicted octanol–water partition coefficient (Wildman–Crippen LogP) is 6.01. The zero-order valence-electron chi connectivity index (χ0n) is 18.9. The topological polar surface area (TPSA) is 38.3 Å². The summed E-state index contributed by atoms with van der Waals surface area (Å²) in [4.78, 5) is 11.8. The Morgan fingerprint density at radius 3 is 2.33 bits per heavy atom. The number of aryl methyl sites for hydroxylation is 1. The fraction of sp³-hybridized carbons (Fsp3) is 0.444. The maximum atomic E-state index is 11.8. The first-order chi connectivity index (χ1) is 14.2. The number of ether oxygens (including phenoxy) is 1. The second-order valence-corrected chi connectivity index (χ2v) is 9.52. The number of alkyl carbamates (subject to hydrolysis) is 1. The monoisotopic (exact) mass is 403 g/mol. The molecule has 1 amide bonds. The number of nitrogens with one attached hydrogen (secondary N) is 1. The van der Waals surface area contributed by atoms with Gasteiger partial charge in [-0.1, -0.05) is 75.9 Å². The molecule has 2 aromatic rings. The molecular formula is C27H33NO2. The maximum absolute atomic E-state index is 11.8. The molecule has 3 heteroatoms. The summed E-state index contributed by atoms with van der Waals surface area (Å²) in [7, 11) is 0. The smallest absolute Gasteiger partial charge is 0.407 e. The lowest BCUT2D eigenvalue weighted by atomic mass is 9.62. The molecular weight excluding hydrogens is 370 g/mol. The van der Waals surface area contributed by atoms with Crippen molar-refractivity contribution in [3.8, 4) is 11.8 Å². The van der Waals surface area contributed by atoms with Crippen molar-refractivity contribution in [3.05, 3.63) is 70.3 Å². The summed E-state index contributed by atoms with van der Waals surface area (Å²) in [5.74, 6) is 6.52. The highest BCUT2D eigenvalue weighted by Gasteiger charge is 2.37. The second-order valence-electron chi connectivity index (χ2n) is 9.52. The van der Waals surface area contributed by atoms with Crippen LogP contribution in [0.15, 0.2) is 42.5 Å². The van der Waals surface area contributed by atoms with Crippen LogP contribution in [0.25, 0.3) is 0 Å². The van der Waals surface area contributed by atoms with Crippen LogP contribution in [0.3, 0.4) is 0 Å². The van der Waals surface area contributed by atoms with Crippen LogP contribution in [0, 0.1) is 18.8 Å². The van der Waals surface area contributed by atoms with Gasteiger partial charge in [0.15, 0.2) is 0 Å². The second kappa shape index (κ2) is 8.96. The fourth-order valence-corrected chi connectivity index (χ4v) is 4.02. The first kappa shape index (κ1) is 22.0. The van der Waals surface area contributed by atoms with E-state index in [1.54, 1.807) is 0 Å². The normalized spacial score (nSPS) is 16.0. The lowest BCUT2D eigenvalue weighted by Gasteiger charge is -2.42. The molecule has 0 spiro atoms. The number of hydrogen-bond donors (Lipinski definition) is 1. The minimum Gasteiger partial charge on any atom is -0.445 e. The quantitative estimate of drug-likeness (QED) is 0.501. The van der Waals surface area contributed by atoms with Crippen LogP contribution in [-0.4, -0.2) is 12.6 Å². The Kier molecular flexibility index (Phi) is 6.56. The van der Waals surface area contributed by atoms with Crippen LogP contribution in [-0.2, 0) is 22.2 Å². The molecule has 3 rings (SSSR count). The van der Waals surface area contributed by atoms with E-state index in [2.05, 4.69) is 63.9 Å². The average molecular weight is 404 g/mol. The third-order valence-corrected chi connectivity index (χ3v) is 6.15. The highest BCUT2D eigenvalue weighted by atomic mass is 16.5. The van der Waals surface area contributed by atoms with E-state index in [1.165, 1.54) is 29.5 Å². The van der Waals surface area contributed by atoms with E-state index >= 15 is 0 Å². The number of rotatable bonds is 4. The van der Waals surface area contributed by atoms with Crippen molar-refractivity contribution in [1.29, 1.82) is 0 Å². The van der Waals surface area contributed by atoms with Gasteiger partial charge in [0, 0.05) is 18.5 Å². The Balaban J connectivity index is 1.57. The first-order valence-electron chi connectivity index (χ1n) is 10.8. The first-order valence-corrected chi connectivity index (χ1v) is 10.8. The fourth-order valence-electron chi connectivity index (χ4n) is 4.02. The van der Waals surface area contributed by atoms with Gasteiger partial charge in [-0.25, -0.2) is 4.79 Å². The molecule has 0 radical (unpaired) electrons. The third kappa shape index (κ3) is 5.25. The Morgan fingerprint density at radius 2 is 1.67 bits per heavy atom. The average Bonchev–Trinajstić information content (AvgIpc) is 2.71. The molecule has 1 aliphatic carbocycles. The zero-order valence-corrected chi connectivity index (χ0v) is 18.9. The van der Waals surface area contributed by atoms with Crippen molar-refractivity contribution in [2.75, 3.05) is 6.54 Å². The summed E-state index contributed by atoms with van der Waals surface area (Å²) in [5, 5.41) is 2.76. The third-order valence-electron chi connectivity index (χ3n) is 6.15. The summed E-state index contributed by atoms with van der Waals surface area (Å²) in [6.45, 7) is 12.2. The molecule has 0 unspecified atom stereocenters. The van der Waals surface area contributed by atoms with Gasteiger partial charge in [0.1, 0.15) is 6.61 Å². The molecule has 158 valence electrons. The molecule has 0 fully saturated rings. The number of fused-ring (bicyclic) bond motifs is 1. The van der Waals surface area contributed by atoms with Crippen molar-refractivity contribution in [1.82, 2.24) is 5.32 Å². The van der Waals surface area contributed by atoms with Gasteiger partial charge in [0.25, 0.3) is 0 Å². The molecule has 0 aromatic heterocycles. The minimum atomic E-state index is -0.408.